The van der Waals surface area contributed by atoms with Gasteiger partial charge in [-0.2, -0.15) is 0 Å². The molecule has 6 nitrogen and oxygen atoms in total. The first kappa shape index (κ1) is 29.9. The molecule has 0 saturated heterocycles. The zero-order valence-electron chi connectivity index (χ0n) is 22.6. The van der Waals surface area contributed by atoms with Gasteiger partial charge in [-0.15, -0.1) is 0 Å². The van der Waals surface area contributed by atoms with Crippen LogP contribution in [-0.4, -0.2) is 48.6 Å². The fraction of sp³-hybridized carbons (Fsp3) is 0.920. The summed E-state index contributed by atoms with van der Waals surface area (Å²) in [6.07, 6.45) is 1.01. The normalized spacial score (nSPS) is 17.5. The maximum atomic E-state index is 12.7. The summed E-state index contributed by atoms with van der Waals surface area (Å²) in [7, 11) is 3.30. The van der Waals surface area contributed by atoms with Crippen LogP contribution in [0.25, 0.3) is 0 Å². The molecule has 0 fully saturated rings. The van der Waals surface area contributed by atoms with Crippen molar-refractivity contribution < 1.29 is 28.5 Å². The average molecular weight is 445 g/mol. The van der Waals surface area contributed by atoms with Crippen LogP contribution in [-0.2, 0) is 28.5 Å². The first-order chi connectivity index (χ1) is 13.7. The zero-order valence-corrected chi connectivity index (χ0v) is 22.6. The Hall–Kier alpha value is -1.14. The van der Waals surface area contributed by atoms with Gasteiger partial charge in [0.15, 0.2) is 0 Å². The molecule has 0 N–H and O–H groups in total. The van der Waals surface area contributed by atoms with E-state index < -0.39 is 51.6 Å². The maximum absolute atomic E-state index is 12.7. The molecular weight excluding hydrogens is 396 g/mol. The van der Waals surface area contributed by atoms with Crippen LogP contribution in [0.5, 0.6) is 0 Å². The Morgan fingerprint density at radius 2 is 0.806 bits per heavy atom. The van der Waals surface area contributed by atoms with Crippen LogP contribution in [0.4, 0.5) is 0 Å². The number of hydrogen-bond donors (Lipinski definition) is 0. The van der Waals surface area contributed by atoms with E-state index in [4.69, 9.17) is 18.9 Å². The molecule has 0 heterocycles. The molecule has 0 rings (SSSR count). The van der Waals surface area contributed by atoms with Crippen molar-refractivity contribution in [2.45, 2.75) is 125 Å². The number of carbonyl (C=O) groups excluding carboxylic acids is 2. The largest absolute Gasteiger partial charge is 0.459 e. The van der Waals surface area contributed by atoms with Crippen LogP contribution in [0, 0.1) is 10.8 Å². The highest BCUT2D eigenvalue weighted by atomic mass is 16.6. The molecule has 0 radical (unpaired) electrons. The van der Waals surface area contributed by atoms with Gasteiger partial charge >= 0.3 is 11.9 Å². The van der Waals surface area contributed by atoms with Gasteiger partial charge in [-0.25, -0.2) is 0 Å². The van der Waals surface area contributed by atoms with Crippen molar-refractivity contribution in [1.29, 1.82) is 0 Å². The smallest absolute Gasteiger partial charge is 0.317 e. The van der Waals surface area contributed by atoms with Gasteiger partial charge in [0.1, 0.15) is 17.6 Å². The standard InChI is InChI=1S/C25H48O6/c1-15-24(11,20(3,4)28-13)22(7,8)30-18(26)17-19(27)31-23(9,10)25(12,16-2)21(5,6)29-14/h15-17H2,1-14H3. The second-order valence-corrected chi connectivity index (χ2v) is 10.9. The molecule has 184 valence electrons. The lowest BCUT2D eigenvalue weighted by Gasteiger charge is -2.52. The molecule has 0 aromatic carbocycles. The van der Waals surface area contributed by atoms with E-state index in [0.29, 0.717) is 0 Å². The first-order valence-corrected chi connectivity index (χ1v) is 11.3. The molecule has 31 heavy (non-hydrogen) atoms. The summed E-state index contributed by atoms with van der Waals surface area (Å²) in [5.74, 6) is -1.22. The van der Waals surface area contributed by atoms with Crippen LogP contribution >= 0.6 is 0 Å². The molecule has 0 aromatic heterocycles. The molecule has 0 aromatic rings. The molecule has 0 spiro atoms. The number of rotatable bonds is 12. The topological polar surface area (TPSA) is 71.1 Å². The predicted molar refractivity (Wildman–Crippen MR) is 124 cm³/mol. The second kappa shape index (κ2) is 9.78. The molecule has 0 saturated carbocycles. The highest BCUT2D eigenvalue weighted by Crippen LogP contribution is 2.49. The van der Waals surface area contributed by atoms with Gasteiger partial charge < -0.3 is 18.9 Å². The number of ether oxygens (including phenoxy) is 4. The molecule has 2 unspecified atom stereocenters. The lowest BCUT2D eigenvalue weighted by molar-refractivity contribution is -0.211. The van der Waals surface area contributed by atoms with Crippen LogP contribution in [0.15, 0.2) is 0 Å². The Balaban J connectivity index is 5.50. The van der Waals surface area contributed by atoms with E-state index in [9.17, 15) is 9.59 Å². The van der Waals surface area contributed by atoms with E-state index in [1.54, 1.807) is 14.2 Å². The Kier molecular flexibility index (Phi) is 9.42. The fourth-order valence-corrected chi connectivity index (χ4v) is 4.59. The van der Waals surface area contributed by atoms with E-state index in [-0.39, 0.29) is 0 Å². The molecule has 0 aliphatic heterocycles. The van der Waals surface area contributed by atoms with Crippen molar-refractivity contribution >= 4 is 11.9 Å². The van der Waals surface area contributed by atoms with Crippen molar-refractivity contribution in [3.8, 4) is 0 Å². The van der Waals surface area contributed by atoms with Crippen LogP contribution < -0.4 is 0 Å². The zero-order chi connectivity index (χ0) is 25.1. The van der Waals surface area contributed by atoms with Crippen LogP contribution in [0.3, 0.4) is 0 Å². The summed E-state index contributed by atoms with van der Waals surface area (Å²) < 4.78 is 23.1. The Morgan fingerprint density at radius 3 is 1.00 bits per heavy atom. The molecule has 0 bridgehead atoms. The highest BCUT2D eigenvalue weighted by molar-refractivity contribution is 5.91. The summed E-state index contributed by atoms with van der Waals surface area (Å²) in [4.78, 5) is 25.4. The van der Waals surface area contributed by atoms with E-state index >= 15 is 0 Å². The number of carbonyl (C=O) groups is 2. The average Bonchev–Trinajstić information content (AvgIpc) is 2.64. The minimum atomic E-state index is -0.857. The van der Waals surface area contributed by atoms with Gasteiger partial charge in [0, 0.05) is 25.0 Å². The first-order valence-electron chi connectivity index (χ1n) is 11.3. The van der Waals surface area contributed by atoms with Crippen molar-refractivity contribution in [3.05, 3.63) is 0 Å². The van der Waals surface area contributed by atoms with E-state index in [1.165, 1.54) is 0 Å². The van der Waals surface area contributed by atoms with Gasteiger partial charge in [0.2, 0.25) is 0 Å². The van der Waals surface area contributed by atoms with Gasteiger partial charge in [0.05, 0.1) is 11.2 Å². The third-order valence-electron chi connectivity index (χ3n) is 8.78. The van der Waals surface area contributed by atoms with Gasteiger partial charge in [-0.05, 0) is 68.2 Å². The summed E-state index contributed by atoms with van der Waals surface area (Å²) >= 11 is 0. The Morgan fingerprint density at radius 1 is 0.548 bits per heavy atom. The second-order valence-electron chi connectivity index (χ2n) is 10.9. The number of esters is 2. The van der Waals surface area contributed by atoms with Crippen molar-refractivity contribution in [2.24, 2.45) is 10.8 Å². The third kappa shape index (κ3) is 5.62. The van der Waals surface area contributed by atoms with Crippen LogP contribution in [0.2, 0.25) is 0 Å². The minimum Gasteiger partial charge on any atom is -0.459 e. The van der Waals surface area contributed by atoms with Gasteiger partial charge in [0.25, 0.3) is 0 Å². The van der Waals surface area contributed by atoms with E-state index in [1.807, 2.05) is 83.1 Å². The number of hydrogen-bond acceptors (Lipinski definition) is 6. The molecule has 0 amide bonds. The Bertz CT molecular complexity index is 580. The van der Waals surface area contributed by atoms with Crippen LogP contribution in [0.1, 0.15) is 102 Å². The predicted octanol–water partition coefficient (Wildman–Crippen LogP) is 5.70. The SMILES string of the molecule is CCC(C)(C(C)(C)OC)C(C)(C)OC(=O)CC(=O)OC(C)(C)C(C)(CC)C(C)(C)OC. The third-order valence-corrected chi connectivity index (χ3v) is 8.78. The summed E-state index contributed by atoms with van der Waals surface area (Å²) in [5, 5.41) is 0. The van der Waals surface area contributed by atoms with E-state index in [2.05, 4.69) is 0 Å². The highest BCUT2D eigenvalue weighted by Gasteiger charge is 2.55. The number of methoxy groups -OCH3 is 2. The molecule has 6 heteroatoms. The summed E-state index contributed by atoms with van der Waals surface area (Å²) in [6.45, 7) is 23.5. The molecule has 2 atom stereocenters. The monoisotopic (exact) mass is 444 g/mol. The van der Waals surface area contributed by atoms with Crippen molar-refractivity contribution in [3.63, 3.8) is 0 Å². The minimum absolute atomic E-state index is 0.451. The van der Waals surface area contributed by atoms with Crippen molar-refractivity contribution in [2.75, 3.05) is 14.2 Å². The molecule has 0 aliphatic rings. The van der Waals surface area contributed by atoms with Gasteiger partial charge in [-0.3, -0.25) is 9.59 Å². The lowest BCUT2D eigenvalue weighted by atomic mass is 9.63. The Labute approximate surface area is 190 Å². The van der Waals surface area contributed by atoms with Crippen molar-refractivity contribution in [1.82, 2.24) is 0 Å². The summed E-state index contributed by atoms with van der Waals surface area (Å²) in [5.41, 5.74) is -3.74. The molecule has 0 aliphatic carbocycles. The summed E-state index contributed by atoms with van der Waals surface area (Å²) in [6, 6.07) is 0. The van der Waals surface area contributed by atoms with Gasteiger partial charge in [-0.1, -0.05) is 27.7 Å². The van der Waals surface area contributed by atoms with E-state index in [0.717, 1.165) is 12.8 Å². The fourth-order valence-electron chi connectivity index (χ4n) is 4.59. The maximum Gasteiger partial charge on any atom is 0.317 e. The quantitative estimate of drug-likeness (QED) is 0.284. The molecular formula is C25H48O6. The lowest BCUT2D eigenvalue weighted by Crippen LogP contribution is -2.58.